The number of alkyl halides is 3. The normalized spacial score (nSPS) is 27.1. The summed E-state index contributed by atoms with van der Waals surface area (Å²) in [7, 11) is 1.64. The minimum Gasteiger partial charge on any atom is -0.483 e. The fraction of sp³-hybridized carbons (Fsp3) is 0.405. The summed E-state index contributed by atoms with van der Waals surface area (Å²) in [4.78, 5) is 29.5. The van der Waals surface area contributed by atoms with Crippen LogP contribution in [0, 0.1) is 11.8 Å². The Morgan fingerprint density at radius 1 is 1.09 bits per heavy atom. The lowest BCUT2D eigenvalue weighted by atomic mass is 9.48. The van der Waals surface area contributed by atoms with Crippen molar-refractivity contribution in [3.05, 3.63) is 94.5 Å². The molecule has 1 saturated carbocycles. The number of hydrogen-bond acceptors (Lipinski definition) is 6. The molecule has 1 spiro atoms. The van der Waals surface area contributed by atoms with Crippen molar-refractivity contribution in [2.75, 3.05) is 20.1 Å². The zero-order chi connectivity index (χ0) is 33.1. The molecule has 5 atom stereocenters. The molecular formula is C37H35F3N2O5. The van der Waals surface area contributed by atoms with E-state index in [1.807, 2.05) is 24.3 Å². The van der Waals surface area contributed by atoms with Crippen LogP contribution in [0.25, 0.3) is 0 Å². The van der Waals surface area contributed by atoms with Crippen LogP contribution in [-0.4, -0.2) is 70.7 Å². The predicted octanol–water partition coefficient (Wildman–Crippen LogP) is 4.91. The summed E-state index contributed by atoms with van der Waals surface area (Å²) >= 11 is 0. The molecule has 1 saturated heterocycles. The number of carbonyl (C=O) groups is 2. The number of likely N-dealkylation sites (N-methyl/N-ethyl adjacent to an activating group) is 1. The summed E-state index contributed by atoms with van der Waals surface area (Å²) in [5, 5.41) is 12.9. The van der Waals surface area contributed by atoms with Crippen molar-refractivity contribution < 1.29 is 37.3 Å². The molecule has 0 radical (unpaired) electrons. The molecular weight excluding hydrogens is 609 g/mol. The van der Waals surface area contributed by atoms with Crippen molar-refractivity contribution in [2.45, 2.75) is 74.4 Å². The second-order valence-electron chi connectivity index (χ2n) is 13.0. The number of benzene rings is 3. The zero-order valence-electron chi connectivity index (χ0n) is 26.1. The zero-order valence-corrected chi connectivity index (χ0v) is 26.1. The number of piperidine rings is 1. The molecule has 1 N–H and O–H groups in total. The summed E-state index contributed by atoms with van der Waals surface area (Å²) in [6, 6.07) is 17.7. The van der Waals surface area contributed by atoms with Crippen LogP contribution in [0.3, 0.4) is 0 Å². The highest BCUT2D eigenvalue weighted by molar-refractivity contribution is 5.94. The summed E-state index contributed by atoms with van der Waals surface area (Å²) < 4.78 is 51.3. The first-order valence-corrected chi connectivity index (χ1v) is 15.9. The lowest BCUT2D eigenvalue weighted by Gasteiger charge is -2.64. The number of amides is 1. The SMILES string of the molecule is CC(=O)Oc1ccc2c3c1O[C@H]1[C@@H](N(C)C(=O)C#Cc4ccc(C(F)(F)F)cc4)CC[C@@]4(O)[C@@H](C2)N(CCc2ccccc2)CC[C@]314. The van der Waals surface area contributed by atoms with E-state index in [1.54, 1.807) is 13.1 Å². The molecule has 244 valence electrons. The standard InChI is InChI=1S/C37H35F3N2O5/c1-23(43)46-29-14-11-26-22-30-36(45)18-16-28(41(2)31(44)15-10-25-8-12-27(13-9-25)37(38,39)40)34-35(36,32(26)33(29)47-34)19-21-42(30)20-17-24-6-4-3-5-7-24/h3-9,11-14,28,30,34,45H,16-22H2,1-2H3/t28-,30+,34-,35-,36+/m0/s1. The highest BCUT2D eigenvalue weighted by Crippen LogP contribution is 2.66. The van der Waals surface area contributed by atoms with E-state index >= 15 is 0 Å². The number of esters is 1. The number of rotatable bonds is 5. The molecule has 7 rings (SSSR count). The minimum absolute atomic E-state index is 0.175. The molecule has 2 fully saturated rings. The van der Waals surface area contributed by atoms with E-state index in [9.17, 15) is 27.9 Å². The lowest BCUT2D eigenvalue weighted by Crippen LogP contribution is -2.78. The minimum atomic E-state index is -4.46. The van der Waals surface area contributed by atoms with Gasteiger partial charge in [0.05, 0.1) is 22.6 Å². The van der Waals surface area contributed by atoms with Gasteiger partial charge < -0.3 is 19.5 Å². The van der Waals surface area contributed by atoms with Crippen molar-refractivity contribution in [3.63, 3.8) is 0 Å². The van der Waals surface area contributed by atoms with Gasteiger partial charge in [-0.25, -0.2) is 0 Å². The summed E-state index contributed by atoms with van der Waals surface area (Å²) in [5.41, 5.74) is 0.618. The summed E-state index contributed by atoms with van der Waals surface area (Å²) in [5.74, 6) is 5.03. The monoisotopic (exact) mass is 644 g/mol. The second-order valence-corrected chi connectivity index (χ2v) is 13.0. The van der Waals surface area contributed by atoms with Gasteiger partial charge in [-0.1, -0.05) is 42.3 Å². The van der Waals surface area contributed by atoms with Gasteiger partial charge in [-0.05, 0) is 80.1 Å². The molecule has 0 aromatic heterocycles. The van der Waals surface area contributed by atoms with Crippen molar-refractivity contribution in [3.8, 4) is 23.3 Å². The Kier molecular flexibility index (Phi) is 7.60. The van der Waals surface area contributed by atoms with Crippen molar-refractivity contribution in [2.24, 2.45) is 0 Å². The van der Waals surface area contributed by atoms with Gasteiger partial charge in [0.25, 0.3) is 5.91 Å². The highest BCUT2D eigenvalue weighted by atomic mass is 19.4. The van der Waals surface area contributed by atoms with Crippen LogP contribution in [0.1, 0.15) is 54.0 Å². The average molecular weight is 645 g/mol. The average Bonchev–Trinajstić information content (AvgIpc) is 3.39. The molecule has 4 aliphatic rings. The van der Waals surface area contributed by atoms with E-state index in [0.29, 0.717) is 43.7 Å². The third kappa shape index (κ3) is 5.08. The van der Waals surface area contributed by atoms with E-state index in [0.717, 1.165) is 36.2 Å². The lowest BCUT2D eigenvalue weighted by molar-refractivity contribution is -0.199. The van der Waals surface area contributed by atoms with Crippen molar-refractivity contribution >= 4 is 11.9 Å². The summed E-state index contributed by atoms with van der Waals surface area (Å²) in [6.45, 7) is 2.83. The first-order valence-electron chi connectivity index (χ1n) is 15.9. The van der Waals surface area contributed by atoms with E-state index in [-0.39, 0.29) is 11.6 Å². The van der Waals surface area contributed by atoms with Crippen LogP contribution in [0.5, 0.6) is 11.5 Å². The molecule has 7 nitrogen and oxygen atoms in total. The third-order valence-corrected chi connectivity index (χ3v) is 10.7. The molecule has 0 unspecified atom stereocenters. The van der Waals surface area contributed by atoms with Crippen LogP contribution in [-0.2, 0) is 34.0 Å². The van der Waals surface area contributed by atoms with Gasteiger partial charge >= 0.3 is 12.1 Å². The maximum atomic E-state index is 13.5. The van der Waals surface area contributed by atoms with Gasteiger partial charge in [-0.15, -0.1) is 0 Å². The largest absolute Gasteiger partial charge is 0.483 e. The maximum Gasteiger partial charge on any atom is 0.416 e. The fourth-order valence-electron chi connectivity index (χ4n) is 8.52. The van der Waals surface area contributed by atoms with Crippen LogP contribution >= 0.6 is 0 Å². The molecule has 10 heteroatoms. The van der Waals surface area contributed by atoms with Gasteiger partial charge in [0.2, 0.25) is 0 Å². The first kappa shape index (κ1) is 31.3. The molecule has 2 aliphatic carbocycles. The Balaban J connectivity index is 1.21. The Labute approximate surface area is 271 Å². The Bertz CT molecular complexity index is 1780. The van der Waals surface area contributed by atoms with Crippen LogP contribution in [0.4, 0.5) is 13.2 Å². The number of hydrogen-bond donors (Lipinski definition) is 1. The number of carbonyl (C=O) groups excluding carboxylic acids is 2. The molecule has 3 aromatic rings. The number of ether oxygens (including phenoxy) is 2. The smallest absolute Gasteiger partial charge is 0.416 e. The van der Waals surface area contributed by atoms with Gasteiger partial charge in [0.15, 0.2) is 11.5 Å². The van der Waals surface area contributed by atoms with E-state index in [4.69, 9.17) is 9.47 Å². The molecule has 1 amide bonds. The van der Waals surface area contributed by atoms with Gasteiger partial charge in [0, 0.05) is 43.6 Å². The number of halogens is 3. The molecule has 2 heterocycles. The second kappa shape index (κ2) is 11.4. The Morgan fingerprint density at radius 3 is 2.53 bits per heavy atom. The molecule has 2 aliphatic heterocycles. The van der Waals surface area contributed by atoms with E-state index < -0.39 is 46.8 Å². The third-order valence-electron chi connectivity index (χ3n) is 10.7. The Morgan fingerprint density at radius 2 is 1.83 bits per heavy atom. The van der Waals surface area contributed by atoms with Gasteiger partial charge in [-0.2, -0.15) is 13.2 Å². The fourth-order valence-corrected chi connectivity index (χ4v) is 8.52. The van der Waals surface area contributed by atoms with Crippen molar-refractivity contribution in [1.29, 1.82) is 0 Å². The number of likely N-dealkylation sites (tertiary alicyclic amines) is 1. The maximum absolute atomic E-state index is 13.5. The Hall–Kier alpha value is -4.33. The van der Waals surface area contributed by atoms with Crippen molar-refractivity contribution in [1.82, 2.24) is 9.80 Å². The van der Waals surface area contributed by atoms with Crippen LogP contribution < -0.4 is 9.47 Å². The van der Waals surface area contributed by atoms with Crippen LogP contribution in [0.2, 0.25) is 0 Å². The first-order chi connectivity index (χ1) is 22.4. The van der Waals surface area contributed by atoms with Crippen LogP contribution in [0.15, 0.2) is 66.7 Å². The van der Waals surface area contributed by atoms with Gasteiger partial charge in [-0.3, -0.25) is 14.5 Å². The van der Waals surface area contributed by atoms with E-state index in [1.165, 1.54) is 29.5 Å². The van der Waals surface area contributed by atoms with Gasteiger partial charge in [0.1, 0.15) is 6.10 Å². The number of nitrogens with zero attached hydrogens (tertiary/aromatic N) is 2. The van der Waals surface area contributed by atoms with E-state index in [2.05, 4.69) is 28.9 Å². The number of aliphatic hydroxyl groups is 1. The molecule has 3 aromatic carbocycles. The molecule has 2 bridgehead atoms. The molecule has 47 heavy (non-hydrogen) atoms. The topological polar surface area (TPSA) is 79.3 Å². The summed E-state index contributed by atoms with van der Waals surface area (Å²) in [6.07, 6.45) is -2.18. The highest BCUT2D eigenvalue weighted by Gasteiger charge is 2.73. The quantitative estimate of drug-likeness (QED) is 0.242. The predicted molar refractivity (Wildman–Crippen MR) is 167 cm³/mol.